The molecule has 6 heteroatoms. The van der Waals surface area contributed by atoms with E-state index in [-0.39, 0.29) is 25.4 Å². The van der Waals surface area contributed by atoms with E-state index in [1.807, 2.05) is 18.2 Å². The number of hydrazine groups is 1. The Balaban J connectivity index is 2.15. The number of nitrogens with one attached hydrogen (secondary N) is 2. The van der Waals surface area contributed by atoms with Gasteiger partial charge in [-0.15, -0.1) is 0 Å². The normalized spacial score (nSPS) is 11.5. The highest BCUT2D eigenvalue weighted by molar-refractivity contribution is 5.82. The van der Waals surface area contributed by atoms with Gasteiger partial charge in [0.15, 0.2) is 0 Å². The van der Waals surface area contributed by atoms with Crippen molar-refractivity contribution in [3.8, 4) is 0 Å². The molecule has 1 amide bonds. The maximum atomic E-state index is 11.5. The molecular formula is C14H20N2O4. The minimum Gasteiger partial charge on any atom is -0.463 e. The Morgan fingerprint density at radius 2 is 1.95 bits per heavy atom. The Labute approximate surface area is 118 Å². The lowest BCUT2D eigenvalue weighted by Crippen LogP contribution is -2.29. The van der Waals surface area contributed by atoms with E-state index in [1.54, 1.807) is 19.1 Å². The van der Waals surface area contributed by atoms with Crippen molar-refractivity contribution in [1.82, 2.24) is 5.43 Å². The molecule has 1 aromatic carbocycles. The van der Waals surface area contributed by atoms with Gasteiger partial charge in [-0.05, 0) is 18.6 Å². The second-order valence-corrected chi connectivity index (χ2v) is 4.28. The molecule has 0 saturated heterocycles. The van der Waals surface area contributed by atoms with E-state index < -0.39 is 12.1 Å². The lowest BCUT2D eigenvalue weighted by atomic mass is 10.3. The Hall–Kier alpha value is -2.08. The molecule has 0 heterocycles. The molecule has 0 fully saturated rings. The Morgan fingerprint density at radius 3 is 2.60 bits per heavy atom. The number of amides is 1. The van der Waals surface area contributed by atoms with Crippen LogP contribution in [0.15, 0.2) is 30.3 Å². The smallest absolute Gasteiger partial charge is 0.306 e. The van der Waals surface area contributed by atoms with Gasteiger partial charge in [-0.3, -0.25) is 20.4 Å². The number of esters is 1. The van der Waals surface area contributed by atoms with Crippen molar-refractivity contribution in [2.75, 3.05) is 12.0 Å². The molecule has 20 heavy (non-hydrogen) atoms. The molecule has 1 unspecified atom stereocenters. The van der Waals surface area contributed by atoms with Gasteiger partial charge in [0.2, 0.25) is 5.91 Å². The van der Waals surface area contributed by atoms with Crippen LogP contribution in [-0.4, -0.2) is 29.7 Å². The molecule has 0 spiro atoms. The summed E-state index contributed by atoms with van der Waals surface area (Å²) >= 11 is 0. The summed E-state index contributed by atoms with van der Waals surface area (Å²) in [5.74, 6) is -0.797. The lowest BCUT2D eigenvalue weighted by Gasteiger charge is -2.10. The summed E-state index contributed by atoms with van der Waals surface area (Å²) in [6.45, 7) is 1.76. The van der Waals surface area contributed by atoms with Crippen LogP contribution in [0.4, 0.5) is 5.69 Å². The number of carbonyl (C=O) groups excluding carboxylic acids is 2. The molecule has 0 radical (unpaired) electrons. The molecule has 1 atom stereocenters. The van der Waals surface area contributed by atoms with Gasteiger partial charge in [-0.1, -0.05) is 25.1 Å². The van der Waals surface area contributed by atoms with Crippen LogP contribution >= 0.6 is 0 Å². The SMILES string of the molecule is CCC(O)COC(=O)CCC(=O)NNc1ccccc1. The third kappa shape index (κ3) is 6.75. The second kappa shape index (κ2) is 8.92. The molecule has 1 rings (SSSR count). The maximum Gasteiger partial charge on any atom is 0.306 e. The minimum absolute atomic E-state index is 0.0151. The summed E-state index contributed by atoms with van der Waals surface area (Å²) < 4.78 is 4.82. The van der Waals surface area contributed by atoms with Gasteiger partial charge in [-0.2, -0.15) is 0 Å². The van der Waals surface area contributed by atoms with E-state index in [4.69, 9.17) is 4.74 Å². The van der Waals surface area contributed by atoms with E-state index >= 15 is 0 Å². The van der Waals surface area contributed by atoms with Crippen LogP contribution in [0.5, 0.6) is 0 Å². The predicted molar refractivity (Wildman–Crippen MR) is 74.7 cm³/mol. The fourth-order valence-corrected chi connectivity index (χ4v) is 1.32. The molecule has 0 aromatic heterocycles. The first-order valence-corrected chi connectivity index (χ1v) is 6.55. The minimum atomic E-state index is -0.646. The average Bonchev–Trinajstić information content (AvgIpc) is 2.49. The number of carbonyl (C=O) groups is 2. The van der Waals surface area contributed by atoms with E-state index in [9.17, 15) is 14.7 Å². The fourth-order valence-electron chi connectivity index (χ4n) is 1.32. The molecule has 0 aliphatic carbocycles. The quantitative estimate of drug-likeness (QED) is 0.492. The van der Waals surface area contributed by atoms with Gasteiger partial charge in [0.1, 0.15) is 6.61 Å². The van der Waals surface area contributed by atoms with Gasteiger partial charge in [0.25, 0.3) is 0 Å². The number of rotatable bonds is 8. The monoisotopic (exact) mass is 280 g/mol. The van der Waals surface area contributed by atoms with Crippen molar-refractivity contribution < 1.29 is 19.4 Å². The number of aliphatic hydroxyl groups excluding tert-OH is 1. The van der Waals surface area contributed by atoms with Crippen LogP contribution in [0.25, 0.3) is 0 Å². The third-order valence-corrected chi connectivity index (χ3v) is 2.58. The van der Waals surface area contributed by atoms with E-state index in [0.29, 0.717) is 6.42 Å². The molecule has 3 N–H and O–H groups in total. The predicted octanol–water partition coefficient (Wildman–Crippen LogP) is 1.22. The summed E-state index contributed by atoms with van der Waals surface area (Å²) in [5, 5.41) is 9.23. The van der Waals surface area contributed by atoms with Crippen LogP contribution in [0.3, 0.4) is 0 Å². The number of hydrogen-bond acceptors (Lipinski definition) is 5. The zero-order valence-corrected chi connectivity index (χ0v) is 11.5. The summed E-state index contributed by atoms with van der Waals surface area (Å²) in [4.78, 5) is 22.8. The van der Waals surface area contributed by atoms with Crippen molar-refractivity contribution in [2.24, 2.45) is 0 Å². The molecule has 0 aliphatic heterocycles. The fraction of sp³-hybridized carbons (Fsp3) is 0.429. The second-order valence-electron chi connectivity index (χ2n) is 4.28. The first-order chi connectivity index (χ1) is 9.61. The first-order valence-electron chi connectivity index (χ1n) is 6.55. The number of aliphatic hydroxyl groups is 1. The summed E-state index contributed by atoms with van der Waals surface area (Å²) in [6.07, 6.45) is -0.110. The molecule has 1 aromatic rings. The van der Waals surface area contributed by atoms with Crippen LogP contribution in [0.2, 0.25) is 0 Å². The van der Waals surface area contributed by atoms with Crippen LogP contribution in [0, 0.1) is 0 Å². The van der Waals surface area contributed by atoms with Gasteiger partial charge < -0.3 is 9.84 Å². The van der Waals surface area contributed by atoms with Crippen molar-refractivity contribution in [2.45, 2.75) is 32.3 Å². The Bertz CT molecular complexity index is 422. The van der Waals surface area contributed by atoms with Crippen molar-refractivity contribution in [3.63, 3.8) is 0 Å². The average molecular weight is 280 g/mol. The standard InChI is InChI=1S/C14H20N2O4/c1-2-12(17)10-20-14(19)9-8-13(18)16-15-11-6-4-3-5-7-11/h3-7,12,15,17H,2,8-10H2,1H3,(H,16,18). The lowest BCUT2D eigenvalue weighted by molar-refractivity contribution is -0.147. The third-order valence-electron chi connectivity index (χ3n) is 2.58. The van der Waals surface area contributed by atoms with Gasteiger partial charge in [-0.25, -0.2) is 0 Å². The zero-order chi connectivity index (χ0) is 14.8. The molecule has 0 bridgehead atoms. The highest BCUT2D eigenvalue weighted by Crippen LogP contribution is 2.03. The number of hydrogen-bond donors (Lipinski definition) is 3. The summed E-state index contributed by atoms with van der Waals surface area (Å²) in [7, 11) is 0. The number of para-hydroxylation sites is 1. The molecule has 0 aliphatic rings. The first kappa shape index (κ1) is 16.0. The van der Waals surface area contributed by atoms with Crippen LogP contribution in [0.1, 0.15) is 26.2 Å². The molecule has 0 saturated carbocycles. The van der Waals surface area contributed by atoms with Gasteiger partial charge in [0, 0.05) is 6.42 Å². The topological polar surface area (TPSA) is 87.7 Å². The van der Waals surface area contributed by atoms with Crippen molar-refractivity contribution >= 4 is 17.6 Å². The highest BCUT2D eigenvalue weighted by atomic mass is 16.5. The van der Waals surface area contributed by atoms with E-state index in [2.05, 4.69) is 10.9 Å². The molecule has 110 valence electrons. The number of benzene rings is 1. The van der Waals surface area contributed by atoms with Crippen LogP contribution < -0.4 is 10.9 Å². The largest absolute Gasteiger partial charge is 0.463 e. The number of ether oxygens (including phenoxy) is 1. The summed E-state index contributed by atoms with van der Waals surface area (Å²) in [5.41, 5.74) is 5.98. The van der Waals surface area contributed by atoms with Crippen LogP contribution in [-0.2, 0) is 14.3 Å². The molecular weight excluding hydrogens is 260 g/mol. The van der Waals surface area contributed by atoms with E-state index in [1.165, 1.54) is 0 Å². The van der Waals surface area contributed by atoms with E-state index in [0.717, 1.165) is 5.69 Å². The number of anilines is 1. The maximum absolute atomic E-state index is 11.5. The van der Waals surface area contributed by atoms with Crippen molar-refractivity contribution in [1.29, 1.82) is 0 Å². The Morgan fingerprint density at radius 1 is 1.25 bits per heavy atom. The zero-order valence-electron chi connectivity index (χ0n) is 11.5. The Kier molecular flexibility index (Phi) is 7.13. The molecule has 6 nitrogen and oxygen atoms in total. The van der Waals surface area contributed by atoms with Gasteiger partial charge in [0.05, 0.1) is 18.2 Å². The highest BCUT2D eigenvalue weighted by Gasteiger charge is 2.09. The van der Waals surface area contributed by atoms with Gasteiger partial charge >= 0.3 is 5.97 Å². The summed E-state index contributed by atoms with van der Waals surface area (Å²) in [6, 6.07) is 9.16. The van der Waals surface area contributed by atoms with Crippen molar-refractivity contribution in [3.05, 3.63) is 30.3 Å².